The van der Waals surface area contributed by atoms with Crippen LogP contribution in [0.15, 0.2) is 109 Å². The van der Waals surface area contributed by atoms with Gasteiger partial charge in [0.05, 0.1) is 13.2 Å². The molecule has 190 valence electrons. The van der Waals surface area contributed by atoms with Crippen LogP contribution in [0.5, 0.6) is 17.2 Å². The fourth-order valence-corrected chi connectivity index (χ4v) is 3.67. The van der Waals surface area contributed by atoms with Crippen LogP contribution in [-0.4, -0.2) is 32.3 Å². The molecule has 0 saturated carbocycles. The minimum atomic E-state index is -0.147. The van der Waals surface area contributed by atoms with Crippen molar-refractivity contribution in [3.8, 4) is 17.2 Å². The van der Waals surface area contributed by atoms with E-state index >= 15 is 0 Å². The zero-order chi connectivity index (χ0) is 25.5. The van der Waals surface area contributed by atoms with E-state index in [1.807, 2.05) is 78.9 Å². The van der Waals surface area contributed by atoms with Crippen LogP contribution >= 0.6 is 0 Å². The topological polar surface area (TPSA) is 68.8 Å². The van der Waals surface area contributed by atoms with Gasteiger partial charge in [-0.1, -0.05) is 54.6 Å². The first-order chi connectivity index (χ1) is 18.2. The van der Waals surface area contributed by atoms with Gasteiger partial charge < -0.3 is 24.8 Å². The Kier molecular flexibility index (Phi) is 9.83. The minimum Gasteiger partial charge on any atom is -0.494 e. The molecular weight excluding hydrogens is 464 g/mol. The quantitative estimate of drug-likeness (QED) is 0.203. The first kappa shape index (κ1) is 25.6. The molecule has 0 unspecified atom stereocenters. The average molecular weight is 497 g/mol. The van der Waals surface area contributed by atoms with Crippen molar-refractivity contribution in [2.24, 2.45) is 0 Å². The van der Waals surface area contributed by atoms with Crippen LogP contribution in [0.2, 0.25) is 0 Å². The summed E-state index contributed by atoms with van der Waals surface area (Å²) >= 11 is 0. The fraction of sp³-hybridized carbons (Fsp3) is 0.194. The molecule has 0 heterocycles. The van der Waals surface area contributed by atoms with E-state index in [0.29, 0.717) is 31.3 Å². The number of hydrogen-bond acceptors (Lipinski definition) is 5. The molecule has 0 aliphatic carbocycles. The molecule has 0 aliphatic rings. The molecule has 2 N–H and O–H groups in total. The van der Waals surface area contributed by atoms with Crippen LogP contribution in [0.4, 0.5) is 11.4 Å². The van der Waals surface area contributed by atoms with Gasteiger partial charge in [-0.15, -0.1) is 0 Å². The molecule has 1 amide bonds. The van der Waals surface area contributed by atoms with Gasteiger partial charge in [0.25, 0.3) is 0 Å². The van der Waals surface area contributed by atoms with Crippen molar-refractivity contribution >= 4 is 17.3 Å². The number of amides is 1. The lowest BCUT2D eigenvalue weighted by atomic mass is 10.1. The van der Waals surface area contributed by atoms with E-state index in [4.69, 9.17) is 14.2 Å². The number of carbonyl (C=O) groups is 1. The van der Waals surface area contributed by atoms with Crippen LogP contribution in [-0.2, 0) is 11.2 Å². The highest BCUT2D eigenvalue weighted by atomic mass is 16.5. The summed E-state index contributed by atoms with van der Waals surface area (Å²) in [5.41, 5.74) is 2.84. The Balaban J connectivity index is 1.13. The maximum absolute atomic E-state index is 12.4. The number of aryl methyl sites for hydroxylation is 1. The second kappa shape index (κ2) is 14.2. The molecule has 4 aromatic rings. The van der Waals surface area contributed by atoms with E-state index in [-0.39, 0.29) is 12.5 Å². The van der Waals surface area contributed by atoms with E-state index in [1.54, 1.807) is 6.07 Å². The highest BCUT2D eigenvalue weighted by molar-refractivity contribution is 5.93. The van der Waals surface area contributed by atoms with E-state index in [2.05, 4.69) is 34.9 Å². The van der Waals surface area contributed by atoms with E-state index in [0.717, 1.165) is 30.0 Å². The molecule has 0 saturated heterocycles. The molecule has 4 rings (SSSR count). The lowest BCUT2D eigenvalue weighted by molar-refractivity contribution is -0.114. The van der Waals surface area contributed by atoms with Crippen molar-refractivity contribution in [3.63, 3.8) is 0 Å². The first-order valence-electron chi connectivity index (χ1n) is 12.5. The van der Waals surface area contributed by atoms with Crippen molar-refractivity contribution in [2.45, 2.75) is 12.8 Å². The van der Waals surface area contributed by atoms with Gasteiger partial charge >= 0.3 is 0 Å². The Morgan fingerprint density at radius 2 is 1.22 bits per heavy atom. The predicted octanol–water partition coefficient (Wildman–Crippen LogP) is 6.21. The summed E-state index contributed by atoms with van der Waals surface area (Å²) < 4.78 is 17.2. The molecule has 0 aromatic heterocycles. The molecular formula is C31H32N2O4. The average Bonchev–Trinajstić information content (AvgIpc) is 2.94. The first-order valence-corrected chi connectivity index (χ1v) is 12.5. The second-order valence-electron chi connectivity index (χ2n) is 8.40. The zero-order valence-corrected chi connectivity index (χ0v) is 20.8. The summed E-state index contributed by atoms with van der Waals surface area (Å²) in [7, 11) is 0. The maximum Gasteiger partial charge on any atom is 0.243 e. The van der Waals surface area contributed by atoms with Crippen LogP contribution in [0.25, 0.3) is 0 Å². The Morgan fingerprint density at radius 1 is 0.595 bits per heavy atom. The largest absolute Gasteiger partial charge is 0.494 e. The Hall–Kier alpha value is -4.45. The van der Waals surface area contributed by atoms with E-state index < -0.39 is 0 Å². The van der Waals surface area contributed by atoms with Gasteiger partial charge in [-0.2, -0.15) is 0 Å². The molecule has 6 nitrogen and oxygen atoms in total. The predicted molar refractivity (Wildman–Crippen MR) is 148 cm³/mol. The number of carbonyl (C=O) groups excluding carboxylic acids is 1. The van der Waals surface area contributed by atoms with Gasteiger partial charge in [0.1, 0.15) is 30.5 Å². The summed E-state index contributed by atoms with van der Waals surface area (Å²) in [5, 5.41) is 6.03. The number of hydrogen-bond donors (Lipinski definition) is 2. The molecule has 0 spiro atoms. The maximum atomic E-state index is 12.4. The normalized spacial score (nSPS) is 10.4. The standard InChI is InChI=1S/C31H32N2O4/c34-31(33-27-12-7-15-30(23-27)37-22-21-36-28-13-5-2-6-14-28)24-32-26-16-18-29(19-17-26)35-20-8-11-25-9-3-1-4-10-25/h1-7,9-10,12-19,23,32H,8,11,20-22,24H2,(H,33,34). The highest BCUT2D eigenvalue weighted by Crippen LogP contribution is 2.19. The highest BCUT2D eigenvalue weighted by Gasteiger charge is 2.05. The third-order valence-electron chi connectivity index (χ3n) is 5.51. The van der Waals surface area contributed by atoms with Gasteiger partial charge in [-0.05, 0) is 66.9 Å². The number of nitrogens with one attached hydrogen (secondary N) is 2. The van der Waals surface area contributed by atoms with Crippen molar-refractivity contribution < 1.29 is 19.0 Å². The third-order valence-corrected chi connectivity index (χ3v) is 5.51. The van der Waals surface area contributed by atoms with Gasteiger partial charge in [0.15, 0.2) is 0 Å². The molecule has 0 aliphatic heterocycles. The molecule has 6 heteroatoms. The number of ether oxygens (including phenoxy) is 3. The van der Waals surface area contributed by atoms with Crippen LogP contribution in [0, 0.1) is 0 Å². The summed E-state index contributed by atoms with van der Waals surface area (Å²) in [6, 6.07) is 34.9. The number of anilines is 2. The van der Waals surface area contributed by atoms with E-state index in [9.17, 15) is 4.79 Å². The summed E-state index contributed by atoms with van der Waals surface area (Å²) in [6.45, 7) is 1.64. The van der Waals surface area contributed by atoms with Crippen molar-refractivity contribution in [3.05, 3.63) is 115 Å². The Morgan fingerprint density at radius 3 is 1.97 bits per heavy atom. The summed E-state index contributed by atoms with van der Waals surface area (Å²) in [5.74, 6) is 2.14. The van der Waals surface area contributed by atoms with Gasteiger partial charge in [-0.3, -0.25) is 4.79 Å². The molecule has 37 heavy (non-hydrogen) atoms. The van der Waals surface area contributed by atoms with Gasteiger partial charge in [0.2, 0.25) is 5.91 Å². The third kappa shape index (κ3) is 9.26. The fourth-order valence-electron chi connectivity index (χ4n) is 3.67. The minimum absolute atomic E-state index is 0.146. The SMILES string of the molecule is O=C(CNc1ccc(OCCCc2ccccc2)cc1)Nc1cccc(OCCOc2ccccc2)c1. The second-order valence-corrected chi connectivity index (χ2v) is 8.40. The van der Waals surface area contributed by atoms with Crippen LogP contribution in [0.1, 0.15) is 12.0 Å². The summed E-state index contributed by atoms with van der Waals surface area (Å²) in [6.07, 6.45) is 1.95. The monoisotopic (exact) mass is 496 g/mol. The van der Waals surface area contributed by atoms with E-state index in [1.165, 1.54) is 5.56 Å². The number of rotatable bonds is 14. The molecule has 0 bridgehead atoms. The van der Waals surface area contributed by atoms with Crippen LogP contribution < -0.4 is 24.8 Å². The zero-order valence-electron chi connectivity index (χ0n) is 20.8. The molecule has 4 aromatic carbocycles. The van der Waals surface area contributed by atoms with Gasteiger partial charge in [-0.25, -0.2) is 0 Å². The lowest BCUT2D eigenvalue weighted by Crippen LogP contribution is -2.21. The summed E-state index contributed by atoms with van der Waals surface area (Å²) in [4.78, 5) is 12.4. The lowest BCUT2D eigenvalue weighted by Gasteiger charge is -2.11. The van der Waals surface area contributed by atoms with Crippen LogP contribution in [0.3, 0.4) is 0 Å². The smallest absolute Gasteiger partial charge is 0.243 e. The number of para-hydroxylation sites is 1. The number of benzene rings is 4. The Labute approximate surface area is 218 Å². The molecule has 0 fully saturated rings. The Bertz CT molecular complexity index is 1210. The van der Waals surface area contributed by atoms with Crippen molar-refractivity contribution in [2.75, 3.05) is 37.0 Å². The van der Waals surface area contributed by atoms with Crippen molar-refractivity contribution in [1.82, 2.24) is 0 Å². The molecule has 0 radical (unpaired) electrons. The molecule has 0 atom stereocenters. The van der Waals surface area contributed by atoms with Crippen molar-refractivity contribution in [1.29, 1.82) is 0 Å². The van der Waals surface area contributed by atoms with Gasteiger partial charge in [0, 0.05) is 17.4 Å².